The number of aromatic amines is 1. The largest absolute Gasteiger partial charge is 0.380 e. The van der Waals surface area contributed by atoms with Gasteiger partial charge in [0.25, 0.3) is 0 Å². The van der Waals surface area contributed by atoms with Crippen LogP contribution in [0.4, 0.5) is 0 Å². The summed E-state index contributed by atoms with van der Waals surface area (Å²) in [4.78, 5) is 5.45. The molecule has 2 aromatic rings. The molecule has 0 saturated heterocycles. The van der Waals surface area contributed by atoms with Crippen molar-refractivity contribution in [2.45, 2.75) is 32.7 Å². The SMILES string of the molecule is Cc1cc2c(s1)CCCN(Cc1cn[nH]c1)CCOCC2. The van der Waals surface area contributed by atoms with Crippen molar-refractivity contribution in [3.63, 3.8) is 0 Å². The maximum absolute atomic E-state index is 5.82. The molecular weight excluding hydrogens is 282 g/mol. The van der Waals surface area contributed by atoms with Crippen LogP contribution >= 0.6 is 11.3 Å². The lowest BCUT2D eigenvalue weighted by atomic mass is 10.1. The summed E-state index contributed by atoms with van der Waals surface area (Å²) >= 11 is 1.95. The Bertz CT molecular complexity index is 550. The minimum absolute atomic E-state index is 0.816. The van der Waals surface area contributed by atoms with Gasteiger partial charge in [0.2, 0.25) is 0 Å². The Morgan fingerprint density at radius 3 is 3.14 bits per heavy atom. The van der Waals surface area contributed by atoms with Crippen LogP contribution in [0.3, 0.4) is 0 Å². The van der Waals surface area contributed by atoms with Crippen LogP contribution in [-0.4, -0.2) is 41.4 Å². The lowest BCUT2D eigenvalue weighted by molar-refractivity contribution is 0.104. The van der Waals surface area contributed by atoms with Crippen molar-refractivity contribution in [2.24, 2.45) is 0 Å². The molecule has 0 aromatic carbocycles. The molecule has 1 N–H and O–H groups in total. The summed E-state index contributed by atoms with van der Waals surface area (Å²) in [5.74, 6) is 0. The fourth-order valence-corrected chi connectivity index (χ4v) is 4.00. The standard InChI is InChI=1S/C16H23N3OS/c1-13-9-15-4-7-20-8-6-19(5-2-3-16(15)21-13)12-14-10-17-18-11-14/h9-11H,2-8,12H2,1H3,(H,17,18). The fourth-order valence-electron chi connectivity index (χ4n) is 2.87. The smallest absolute Gasteiger partial charge is 0.0593 e. The van der Waals surface area contributed by atoms with E-state index in [0.29, 0.717) is 0 Å². The van der Waals surface area contributed by atoms with Crippen LogP contribution in [0, 0.1) is 6.92 Å². The quantitative estimate of drug-likeness (QED) is 0.927. The van der Waals surface area contributed by atoms with Gasteiger partial charge in [0.1, 0.15) is 0 Å². The molecule has 0 spiro atoms. The molecule has 2 aromatic heterocycles. The van der Waals surface area contributed by atoms with Crippen LogP contribution in [-0.2, 0) is 24.1 Å². The minimum atomic E-state index is 0.816. The first kappa shape index (κ1) is 14.8. The van der Waals surface area contributed by atoms with Crippen LogP contribution in [0.15, 0.2) is 18.5 Å². The van der Waals surface area contributed by atoms with Crippen molar-refractivity contribution in [3.05, 3.63) is 39.3 Å². The number of hydrogen-bond donors (Lipinski definition) is 1. The third-order valence-corrected chi connectivity index (χ3v) is 5.08. The normalized spacial score (nSPS) is 18.1. The summed E-state index contributed by atoms with van der Waals surface area (Å²) in [5.41, 5.74) is 2.75. The molecule has 0 fully saturated rings. The molecule has 1 aliphatic heterocycles. The highest BCUT2D eigenvalue weighted by atomic mass is 32.1. The summed E-state index contributed by atoms with van der Waals surface area (Å²) in [6.45, 7) is 6.92. The number of rotatable bonds is 2. The average molecular weight is 305 g/mol. The Morgan fingerprint density at radius 2 is 2.29 bits per heavy atom. The molecule has 114 valence electrons. The van der Waals surface area contributed by atoms with Gasteiger partial charge >= 0.3 is 0 Å². The Labute approximate surface area is 130 Å². The summed E-state index contributed by atoms with van der Waals surface area (Å²) < 4.78 is 5.82. The topological polar surface area (TPSA) is 41.2 Å². The van der Waals surface area contributed by atoms with E-state index in [-0.39, 0.29) is 0 Å². The first-order valence-corrected chi connectivity index (χ1v) is 8.49. The number of H-pyrrole nitrogens is 1. The molecule has 1 aliphatic rings. The predicted octanol–water partition coefficient (Wildman–Crippen LogP) is 2.79. The van der Waals surface area contributed by atoms with Gasteiger partial charge in [-0.2, -0.15) is 5.10 Å². The second kappa shape index (κ2) is 7.20. The van der Waals surface area contributed by atoms with Gasteiger partial charge in [0, 0.05) is 34.6 Å². The minimum Gasteiger partial charge on any atom is -0.380 e. The van der Waals surface area contributed by atoms with Gasteiger partial charge in [-0.05, 0) is 44.4 Å². The summed E-state index contributed by atoms with van der Waals surface area (Å²) in [6.07, 6.45) is 7.35. The van der Waals surface area contributed by atoms with Crippen LogP contribution in [0.25, 0.3) is 0 Å². The number of aromatic nitrogens is 2. The van der Waals surface area contributed by atoms with Gasteiger partial charge in [-0.3, -0.25) is 10.00 Å². The zero-order valence-electron chi connectivity index (χ0n) is 12.6. The third-order valence-electron chi connectivity index (χ3n) is 3.93. The molecule has 4 nitrogen and oxygen atoms in total. The fraction of sp³-hybridized carbons (Fsp3) is 0.562. The van der Waals surface area contributed by atoms with E-state index in [1.54, 1.807) is 4.88 Å². The van der Waals surface area contributed by atoms with Crippen LogP contribution in [0.1, 0.15) is 27.3 Å². The van der Waals surface area contributed by atoms with Crippen LogP contribution < -0.4 is 0 Å². The maximum Gasteiger partial charge on any atom is 0.0593 e. The monoisotopic (exact) mass is 305 g/mol. The van der Waals surface area contributed by atoms with Gasteiger partial charge < -0.3 is 4.74 Å². The van der Waals surface area contributed by atoms with Crippen LogP contribution in [0.2, 0.25) is 0 Å². The van der Waals surface area contributed by atoms with Crippen LogP contribution in [0.5, 0.6) is 0 Å². The molecule has 3 heterocycles. The number of nitrogens with one attached hydrogen (secondary N) is 1. The highest BCUT2D eigenvalue weighted by molar-refractivity contribution is 7.12. The van der Waals surface area contributed by atoms with Crippen molar-refractivity contribution in [1.82, 2.24) is 15.1 Å². The summed E-state index contributed by atoms with van der Waals surface area (Å²) in [6, 6.07) is 2.34. The molecule has 0 atom stereocenters. The predicted molar refractivity (Wildman–Crippen MR) is 85.8 cm³/mol. The lowest BCUT2D eigenvalue weighted by Gasteiger charge is -2.21. The number of ether oxygens (including phenoxy) is 1. The molecule has 21 heavy (non-hydrogen) atoms. The van der Waals surface area contributed by atoms with Gasteiger partial charge in [0.15, 0.2) is 0 Å². The molecule has 0 amide bonds. The highest BCUT2D eigenvalue weighted by Gasteiger charge is 2.12. The van der Waals surface area contributed by atoms with E-state index in [9.17, 15) is 0 Å². The molecule has 0 bridgehead atoms. The van der Waals surface area contributed by atoms with E-state index in [4.69, 9.17) is 4.74 Å². The lowest BCUT2D eigenvalue weighted by Crippen LogP contribution is -2.28. The average Bonchev–Trinajstić information content (AvgIpc) is 3.07. The van der Waals surface area contributed by atoms with Crippen molar-refractivity contribution in [1.29, 1.82) is 0 Å². The summed E-state index contributed by atoms with van der Waals surface area (Å²) in [5, 5.41) is 6.92. The molecule has 0 saturated carbocycles. The van der Waals surface area contributed by atoms with E-state index in [1.165, 1.54) is 28.8 Å². The van der Waals surface area contributed by atoms with E-state index < -0.39 is 0 Å². The number of fused-ring (bicyclic) bond motifs is 1. The van der Waals surface area contributed by atoms with E-state index in [2.05, 4.69) is 28.1 Å². The second-order valence-electron chi connectivity index (χ2n) is 5.65. The Morgan fingerprint density at radius 1 is 1.33 bits per heavy atom. The molecular formula is C16H23N3OS. The van der Waals surface area contributed by atoms with E-state index >= 15 is 0 Å². The van der Waals surface area contributed by atoms with Gasteiger partial charge in [0.05, 0.1) is 19.4 Å². The highest BCUT2D eigenvalue weighted by Crippen LogP contribution is 2.24. The van der Waals surface area contributed by atoms with Crippen molar-refractivity contribution in [3.8, 4) is 0 Å². The number of thiophene rings is 1. The maximum atomic E-state index is 5.82. The number of nitrogens with zero attached hydrogens (tertiary/aromatic N) is 2. The zero-order chi connectivity index (χ0) is 14.5. The van der Waals surface area contributed by atoms with Crippen molar-refractivity contribution in [2.75, 3.05) is 26.3 Å². The van der Waals surface area contributed by atoms with Crippen molar-refractivity contribution < 1.29 is 4.74 Å². The molecule has 0 unspecified atom stereocenters. The number of aryl methyl sites for hydroxylation is 2. The zero-order valence-corrected chi connectivity index (χ0v) is 13.4. The molecule has 5 heteroatoms. The van der Waals surface area contributed by atoms with E-state index in [1.807, 2.05) is 23.7 Å². The van der Waals surface area contributed by atoms with Gasteiger partial charge in [-0.25, -0.2) is 0 Å². The molecule has 0 aliphatic carbocycles. The Hall–Kier alpha value is -1.17. The van der Waals surface area contributed by atoms with E-state index in [0.717, 1.165) is 39.3 Å². The Balaban J connectivity index is 1.63. The van der Waals surface area contributed by atoms with Gasteiger partial charge in [-0.1, -0.05) is 0 Å². The molecule has 3 rings (SSSR count). The summed E-state index contributed by atoms with van der Waals surface area (Å²) in [7, 11) is 0. The number of hydrogen-bond acceptors (Lipinski definition) is 4. The second-order valence-corrected chi connectivity index (χ2v) is 6.99. The first-order valence-electron chi connectivity index (χ1n) is 7.67. The Kier molecular flexibility index (Phi) is 5.06. The third kappa shape index (κ3) is 4.15. The van der Waals surface area contributed by atoms with Gasteiger partial charge in [-0.15, -0.1) is 11.3 Å². The molecule has 0 radical (unpaired) electrons. The first-order chi connectivity index (χ1) is 10.3. The van der Waals surface area contributed by atoms with Crippen molar-refractivity contribution >= 4 is 11.3 Å².